The molecular formula is C20H23FN2O4. The Hall–Kier alpha value is -2.93. The van der Waals surface area contributed by atoms with Crippen LogP contribution in [-0.4, -0.2) is 36.8 Å². The molecule has 0 fully saturated rings. The van der Waals surface area contributed by atoms with Gasteiger partial charge in [-0.15, -0.1) is 0 Å². The first-order chi connectivity index (χ1) is 13.0. The fourth-order valence-corrected chi connectivity index (χ4v) is 2.51. The van der Waals surface area contributed by atoms with Crippen LogP contribution in [0.2, 0.25) is 0 Å². The fraction of sp³-hybridized carbons (Fsp3) is 0.300. The maximum Gasteiger partial charge on any atom is 0.404 e. The molecule has 27 heavy (non-hydrogen) atoms. The molecule has 7 heteroatoms. The summed E-state index contributed by atoms with van der Waals surface area (Å²) in [7, 11) is 0. The molecule has 144 valence electrons. The van der Waals surface area contributed by atoms with Crippen LogP contribution in [0.3, 0.4) is 0 Å². The molecule has 0 radical (unpaired) electrons. The second kappa shape index (κ2) is 10.9. The van der Waals surface area contributed by atoms with E-state index in [1.165, 1.54) is 12.1 Å². The van der Waals surface area contributed by atoms with Gasteiger partial charge in [0.2, 0.25) is 5.91 Å². The Bertz CT molecular complexity index is 723. The highest BCUT2D eigenvalue weighted by Gasteiger charge is 2.13. The number of ether oxygens (including phenoxy) is 1. The van der Waals surface area contributed by atoms with Gasteiger partial charge in [0.15, 0.2) is 0 Å². The summed E-state index contributed by atoms with van der Waals surface area (Å²) >= 11 is 0. The highest BCUT2D eigenvalue weighted by atomic mass is 19.1. The Labute approximate surface area is 157 Å². The number of carbonyl (C=O) groups is 2. The lowest BCUT2D eigenvalue weighted by Gasteiger charge is -2.18. The van der Waals surface area contributed by atoms with Gasteiger partial charge in [-0.05, 0) is 23.3 Å². The summed E-state index contributed by atoms with van der Waals surface area (Å²) in [6.07, 6.45) is -1.08. The summed E-state index contributed by atoms with van der Waals surface area (Å²) in [5.74, 6) is -0.577. The first kappa shape index (κ1) is 20.4. The van der Waals surface area contributed by atoms with Crippen LogP contribution >= 0.6 is 0 Å². The molecule has 0 spiro atoms. The van der Waals surface area contributed by atoms with Crippen molar-refractivity contribution in [3.8, 4) is 0 Å². The molecular weight excluding hydrogens is 351 g/mol. The smallest absolute Gasteiger partial charge is 0.404 e. The SMILES string of the molecule is O=C(O)NCCC(=O)NCC(COCc1ccc(F)cc1)c1ccccc1. The van der Waals surface area contributed by atoms with Crippen molar-refractivity contribution < 1.29 is 23.8 Å². The molecule has 0 heterocycles. The van der Waals surface area contributed by atoms with Crippen LogP contribution in [0.4, 0.5) is 9.18 Å². The van der Waals surface area contributed by atoms with Crippen molar-refractivity contribution in [3.63, 3.8) is 0 Å². The van der Waals surface area contributed by atoms with Crippen molar-refractivity contribution in [2.45, 2.75) is 18.9 Å². The van der Waals surface area contributed by atoms with Gasteiger partial charge in [0.1, 0.15) is 5.82 Å². The predicted octanol–water partition coefficient (Wildman–Crippen LogP) is 2.90. The average molecular weight is 374 g/mol. The zero-order chi connectivity index (χ0) is 19.5. The second-order valence-electron chi connectivity index (χ2n) is 6.04. The third-order valence-corrected chi connectivity index (χ3v) is 3.95. The van der Waals surface area contributed by atoms with Crippen LogP contribution in [0, 0.1) is 5.82 Å². The molecule has 1 atom stereocenters. The summed E-state index contributed by atoms with van der Waals surface area (Å²) in [4.78, 5) is 22.3. The topological polar surface area (TPSA) is 87.7 Å². The van der Waals surface area contributed by atoms with Crippen molar-refractivity contribution in [3.05, 3.63) is 71.5 Å². The van der Waals surface area contributed by atoms with Gasteiger partial charge in [-0.25, -0.2) is 9.18 Å². The van der Waals surface area contributed by atoms with E-state index >= 15 is 0 Å². The van der Waals surface area contributed by atoms with Crippen LogP contribution in [0.25, 0.3) is 0 Å². The monoisotopic (exact) mass is 374 g/mol. The first-order valence-electron chi connectivity index (χ1n) is 8.65. The van der Waals surface area contributed by atoms with E-state index in [0.717, 1.165) is 11.1 Å². The molecule has 2 aromatic rings. The molecule has 6 nitrogen and oxygen atoms in total. The van der Waals surface area contributed by atoms with Crippen molar-refractivity contribution in [2.75, 3.05) is 19.7 Å². The van der Waals surface area contributed by atoms with Gasteiger partial charge >= 0.3 is 6.09 Å². The van der Waals surface area contributed by atoms with Crippen LogP contribution in [0.5, 0.6) is 0 Å². The van der Waals surface area contributed by atoms with Crippen LogP contribution in [0.1, 0.15) is 23.5 Å². The third-order valence-electron chi connectivity index (χ3n) is 3.95. The van der Waals surface area contributed by atoms with E-state index in [1.54, 1.807) is 12.1 Å². The molecule has 0 saturated heterocycles. The summed E-state index contributed by atoms with van der Waals surface area (Å²) in [5, 5.41) is 13.5. The van der Waals surface area contributed by atoms with E-state index in [0.29, 0.717) is 19.8 Å². The Morgan fingerprint density at radius 2 is 1.74 bits per heavy atom. The lowest BCUT2D eigenvalue weighted by molar-refractivity contribution is -0.121. The van der Waals surface area contributed by atoms with Gasteiger partial charge in [0.05, 0.1) is 13.2 Å². The number of halogens is 1. The van der Waals surface area contributed by atoms with Crippen LogP contribution < -0.4 is 10.6 Å². The summed E-state index contributed by atoms with van der Waals surface area (Å²) in [6, 6.07) is 15.8. The summed E-state index contributed by atoms with van der Waals surface area (Å²) < 4.78 is 18.7. The summed E-state index contributed by atoms with van der Waals surface area (Å²) in [6.45, 7) is 1.17. The zero-order valence-electron chi connectivity index (χ0n) is 14.9. The van der Waals surface area contributed by atoms with Gasteiger partial charge in [0, 0.05) is 25.4 Å². The van der Waals surface area contributed by atoms with Crippen molar-refractivity contribution in [2.24, 2.45) is 0 Å². The molecule has 2 rings (SSSR count). The number of rotatable bonds is 10. The number of nitrogens with one attached hydrogen (secondary N) is 2. The number of hydrogen-bond donors (Lipinski definition) is 3. The molecule has 0 aromatic heterocycles. The van der Waals surface area contributed by atoms with Gasteiger partial charge in [-0.2, -0.15) is 0 Å². The van der Waals surface area contributed by atoms with E-state index in [-0.39, 0.29) is 30.6 Å². The molecule has 0 aliphatic rings. The van der Waals surface area contributed by atoms with Crippen molar-refractivity contribution in [1.29, 1.82) is 0 Å². The average Bonchev–Trinajstić information content (AvgIpc) is 2.66. The molecule has 0 aliphatic carbocycles. The number of hydrogen-bond acceptors (Lipinski definition) is 3. The van der Waals surface area contributed by atoms with Crippen LogP contribution in [-0.2, 0) is 16.1 Å². The number of carboxylic acid groups (broad SMARTS) is 1. The minimum atomic E-state index is -1.15. The molecule has 1 unspecified atom stereocenters. The lowest BCUT2D eigenvalue weighted by atomic mass is 10.00. The zero-order valence-corrected chi connectivity index (χ0v) is 14.9. The largest absolute Gasteiger partial charge is 0.465 e. The Morgan fingerprint density at radius 1 is 1.04 bits per heavy atom. The Kier molecular flexibility index (Phi) is 8.25. The van der Waals surface area contributed by atoms with Crippen molar-refractivity contribution in [1.82, 2.24) is 10.6 Å². The molecule has 3 N–H and O–H groups in total. The lowest BCUT2D eigenvalue weighted by Crippen LogP contribution is -2.33. The minimum Gasteiger partial charge on any atom is -0.465 e. The third kappa shape index (κ3) is 7.87. The van der Waals surface area contributed by atoms with Gasteiger partial charge in [-0.1, -0.05) is 42.5 Å². The summed E-state index contributed by atoms with van der Waals surface area (Å²) in [5.41, 5.74) is 1.90. The second-order valence-corrected chi connectivity index (χ2v) is 6.04. The van der Waals surface area contributed by atoms with Gasteiger partial charge < -0.3 is 20.5 Å². The first-order valence-corrected chi connectivity index (χ1v) is 8.65. The van der Waals surface area contributed by atoms with Crippen LogP contribution in [0.15, 0.2) is 54.6 Å². The van der Waals surface area contributed by atoms with Crippen molar-refractivity contribution >= 4 is 12.0 Å². The Morgan fingerprint density at radius 3 is 2.41 bits per heavy atom. The Balaban J connectivity index is 1.85. The highest BCUT2D eigenvalue weighted by molar-refractivity contribution is 5.76. The predicted molar refractivity (Wildman–Crippen MR) is 98.9 cm³/mol. The minimum absolute atomic E-state index is 0.0527. The molecule has 2 amide bonds. The van der Waals surface area contributed by atoms with E-state index in [9.17, 15) is 14.0 Å². The molecule has 0 bridgehead atoms. The highest BCUT2D eigenvalue weighted by Crippen LogP contribution is 2.16. The number of amides is 2. The maximum atomic E-state index is 12.9. The standard InChI is InChI=1S/C20H23FN2O4/c21-18-8-6-15(7-9-18)13-27-14-17(16-4-2-1-3-5-16)12-23-19(24)10-11-22-20(25)26/h1-9,17,22H,10-14H2,(H,23,24)(H,25,26). The van der Waals surface area contributed by atoms with Gasteiger partial charge in [0.25, 0.3) is 0 Å². The normalized spacial score (nSPS) is 11.6. The fourth-order valence-electron chi connectivity index (χ4n) is 2.51. The van der Waals surface area contributed by atoms with E-state index in [1.807, 2.05) is 30.3 Å². The molecule has 0 saturated carbocycles. The number of carbonyl (C=O) groups excluding carboxylic acids is 1. The van der Waals surface area contributed by atoms with Gasteiger partial charge in [-0.3, -0.25) is 4.79 Å². The quantitative estimate of drug-likeness (QED) is 0.597. The molecule has 0 aliphatic heterocycles. The van der Waals surface area contributed by atoms with E-state index < -0.39 is 6.09 Å². The molecule has 2 aromatic carbocycles. The van der Waals surface area contributed by atoms with E-state index in [4.69, 9.17) is 9.84 Å². The maximum absolute atomic E-state index is 12.9. The number of benzene rings is 2. The van der Waals surface area contributed by atoms with E-state index in [2.05, 4.69) is 10.6 Å².